The zero-order valence-corrected chi connectivity index (χ0v) is 23.0. The minimum Gasteiger partial charge on any atom is -0.374 e. The second-order valence-electron chi connectivity index (χ2n) is 10.4. The van der Waals surface area contributed by atoms with Gasteiger partial charge in [0, 0.05) is 41.4 Å². The predicted molar refractivity (Wildman–Crippen MR) is 149 cm³/mol. The van der Waals surface area contributed by atoms with Crippen molar-refractivity contribution in [1.82, 2.24) is 10.3 Å². The quantitative estimate of drug-likeness (QED) is 0.392. The normalized spacial score (nSPS) is 20.6. The molecule has 0 spiro atoms. The van der Waals surface area contributed by atoms with Gasteiger partial charge in [0.15, 0.2) is 0 Å². The number of alkyl halides is 2. The van der Waals surface area contributed by atoms with Crippen molar-refractivity contribution in [2.45, 2.75) is 62.4 Å². The summed E-state index contributed by atoms with van der Waals surface area (Å²) in [5.41, 5.74) is 0.488. The Balaban J connectivity index is 1.62. The number of piperidine rings is 1. The van der Waals surface area contributed by atoms with E-state index in [1.54, 1.807) is 12.1 Å². The summed E-state index contributed by atoms with van der Waals surface area (Å²) in [5.74, 6) is -4.85. The molecule has 0 radical (unpaired) electrons. The van der Waals surface area contributed by atoms with Gasteiger partial charge in [-0.25, -0.2) is 18.2 Å². The van der Waals surface area contributed by atoms with Crippen molar-refractivity contribution in [3.8, 4) is 6.07 Å². The molecule has 3 atom stereocenters. The van der Waals surface area contributed by atoms with Gasteiger partial charge in [0.1, 0.15) is 29.9 Å². The summed E-state index contributed by atoms with van der Waals surface area (Å²) in [7, 11) is 0. The van der Waals surface area contributed by atoms with Crippen LogP contribution in [0, 0.1) is 17.1 Å². The fourth-order valence-electron chi connectivity index (χ4n) is 5.49. The Hall–Kier alpha value is -4.14. The van der Waals surface area contributed by atoms with Crippen LogP contribution >= 0.6 is 11.6 Å². The van der Waals surface area contributed by atoms with E-state index in [1.807, 2.05) is 6.07 Å². The fraction of sp³-hybridized carbons (Fsp3) is 0.333. The molecule has 2 fully saturated rings. The highest BCUT2D eigenvalue weighted by atomic mass is 35.5. The highest BCUT2D eigenvalue weighted by molar-refractivity contribution is 6.31. The van der Waals surface area contributed by atoms with Gasteiger partial charge in [-0.15, -0.1) is 0 Å². The first-order valence-electron chi connectivity index (χ1n) is 13.4. The highest BCUT2D eigenvalue weighted by Gasteiger charge is 2.48. The van der Waals surface area contributed by atoms with Crippen LogP contribution in [0.4, 0.5) is 24.7 Å². The molecule has 2 amide bonds. The molecule has 0 bridgehead atoms. The SMILES string of the molecule is N#Cc1ccnc(N2C(O)CCC[C@H]2C(=O)N(c2cccc(F)c2)[C@H](C(=O)NC2CC(F)(F)C2)c2ccccc2Cl)c1. The van der Waals surface area contributed by atoms with Gasteiger partial charge in [0.25, 0.3) is 11.8 Å². The second kappa shape index (κ2) is 12.0. The fourth-order valence-corrected chi connectivity index (χ4v) is 5.73. The number of amides is 2. The Labute approximate surface area is 245 Å². The maximum absolute atomic E-state index is 14.6. The maximum Gasteiger partial charge on any atom is 0.252 e. The number of nitrogens with zero attached hydrogens (tertiary/aromatic N) is 4. The van der Waals surface area contributed by atoms with Crippen molar-refractivity contribution in [1.29, 1.82) is 5.26 Å². The number of benzene rings is 2. The van der Waals surface area contributed by atoms with Gasteiger partial charge in [-0.1, -0.05) is 35.9 Å². The molecule has 2 heterocycles. The first kappa shape index (κ1) is 29.4. The molecule has 218 valence electrons. The Kier molecular flexibility index (Phi) is 8.38. The van der Waals surface area contributed by atoms with E-state index in [0.717, 1.165) is 11.0 Å². The summed E-state index contributed by atoms with van der Waals surface area (Å²) in [6, 6.07) is 13.0. The van der Waals surface area contributed by atoms with E-state index in [-0.39, 0.29) is 34.1 Å². The van der Waals surface area contributed by atoms with E-state index >= 15 is 0 Å². The van der Waals surface area contributed by atoms with Gasteiger partial charge in [0.2, 0.25) is 5.91 Å². The molecule has 12 heteroatoms. The molecule has 42 heavy (non-hydrogen) atoms. The van der Waals surface area contributed by atoms with Gasteiger partial charge in [-0.2, -0.15) is 5.26 Å². The standard InChI is InChI=1S/C30H27ClF3N5O3/c31-23-8-2-1-7-22(23)27(28(41)37-20-15-30(33,34)16-20)38(21-6-3-5-19(32)14-21)29(42)24-9-4-10-26(40)39(24)25-13-18(17-35)11-12-36-25/h1-3,5-8,11-14,20,24,26-27,40H,4,9-10,15-16H2,(H,37,41)/t24-,26?,27-/m0/s1. The second-order valence-corrected chi connectivity index (χ2v) is 10.8. The molecular formula is C30H27ClF3N5O3. The van der Waals surface area contributed by atoms with E-state index in [1.165, 1.54) is 53.6 Å². The number of anilines is 2. The summed E-state index contributed by atoms with van der Waals surface area (Å²) < 4.78 is 41.8. The third kappa shape index (κ3) is 6.05. The maximum atomic E-state index is 14.6. The summed E-state index contributed by atoms with van der Waals surface area (Å²) in [5, 5.41) is 23.2. The molecule has 5 rings (SSSR count). The third-order valence-corrected chi connectivity index (χ3v) is 7.83. The molecule has 1 saturated heterocycles. The highest BCUT2D eigenvalue weighted by Crippen LogP contribution is 2.40. The number of carbonyl (C=O) groups excluding carboxylic acids is 2. The van der Waals surface area contributed by atoms with Crippen molar-refractivity contribution < 1.29 is 27.9 Å². The minimum atomic E-state index is -2.90. The summed E-state index contributed by atoms with van der Waals surface area (Å²) in [6.07, 6.45) is 0.140. The van der Waals surface area contributed by atoms with Crippen molar-refractivity contribution in [2.24, 2.45) is 0 Å². The van der Waals surface area contributed by atoms with Crippen molar-refractivity contribution in [3.63, 3.8) is 0 Å². The lowest BCUT2D eigenvalue weighted by Gasteiger charge is -2.43. The molecule has 1 aliphatic heterocycles. The number of nitriles is 1. The number of halogens is 4. The Morgan fingerprint density at radius 3 is 2.60 bits per heavy atom. The average molecular weight is 598 g/mol. The van der Waals surface area contributed by atoms with E-state index in [0.29, 0.717) is 12.8 Å². The average Bonchev–Trinajstić information content (AvgIpc) is 2.95. The molecule has 8 nitrogen and oxygen atoms in total. The number of hydrogen-bond acceptors (Lipinski definition) is 6. The number of nitrogens with one attached hydrogen (secondary N) is 1. The van der Waals surface area contributed by atoms with Crippen LogP contribution in [0.2, 0.25) is 5.02 Å². The Morgan fingerprint density at radius 1 is 1.14 bits per heavy atom. The smallest absolute Gasteiger partial charge is 0.252 e. The summed E-state index contributed by atoms with van der Waals surface area (Å²) in [4.78, 5) is 35.3. The van der Waals surface area contributed by atoms with Gasteiger partial charge < -0.3 is 15.3 Å². The van der Waals surface area contributed by atoms with Crippen LogP contribution in [0.25, 0.3) is 0 Å². The van der Waals surface area contributed by atoms with E-state index in [4.69, 9.17) is 11.6 Å². The molecule has 2 N–H and O–H groups in total. The van der Waals surface area contributed by atoms with Crippen LogP contribution in [-0.2, 0) is 9.59 Å². The van der Waals surface area contributed by atoms with E-state index < -0.39 is 60.7 Å². The Bertz CT molecular complexity index is 1530. The number of carbonyl (C=O) groups is 2. The summed E-state index contributed by atoms with van der Waals surface area (Å²) in [6.45, 7) is 0. The number of hydrogen-bond donors (Lipinski definition) is 2. The van der Waals surface area contributed by atoms with Crippen molar-refractivity contribution >= 4 is 34.9 Å². The van der Waals surface area contributed by atoms with Crippen LogP contribution in [0.1, 0.15) is 49.3 Å². The zero-order valence-electron chi connectivity index (χ0n) is 22.3. The molecule has 1 aromatic heterocycles. The zero-order chi connectivity index (χ0) is 30.0. The number of rotatable bonds is 7. The van der Waals surface area contributed by atoms with Crippen LogP contribution in [0.3, 0.4) is 0 Å². The molecular weight excluding hydrogens is 571 g/mol. The van der Waals surface area contributed by atoms with Crippen LogP contribution in [-0.4, -0.2) is 46.1 Å². The Morgan fingerprint density at radius 2 is 1.90 bits per heavy atom. The van der Waals surface area contributed by atoms with Gasteiger partial charge in [-0.3, -0.25) is 14.5 Å². The monoisotopic (exact) mass is 597 g/mol. The first-order chi connectivity index (χ1) is 20.1. The molecule has 1 unspecified atom stereocenters. The van der Waals surface area contributed by atoms with Crippen LogP contribution in [0.5, 0.6) is 0 Å². The van der Waals surface area contributed by atoms with Gasteiger partial charge in [0.05, 0.1) is 11.6 Å². The molecule has 2 aliphatic rings. The lowest BCUT2D eigenvalue weighted by molar-refractivity contribution is -0.133. The van der Waals surface area contributed by atoms with E-state index in [9.17, 15) is 33.1 Å². The van der Waals surface area contributed by atoms with Gasteiger partial charge >= 0.3 is 0 Å². The van der Waals surface area contributed by atoms with Crippen molar-refractivity contribution in [3.05, 3.63) is 88.8 Å². The first-order valence-corrected chi connectivity index (χ1v) is 13.8. The molecule has 2 aromatic carbocycles. The topological polar surface area (TPSA) is 110 Å². The number of aromatic nitrogens is 1. The lowest BCUT2D eigenvalue weighted by Crippen LogP contribution is -2.59. The molecule has 3 aromatic rings. The third-order valence-electron chi connectivity index (χ3n) is 7.49. The number of aliphatic hydroxyl groups is 1. The number of pyridine rings is 1. The largest absolute Gasteiger partial charge is 0.374 e. The van der Waals surface area contributed by atoms with Crippen LogP contribution < -0.4 is 15.1 Å². The predicted octanol–water partition coefficient (Wildman–Crippen LogP) is 5.11. The van der Waals surface area contributed by atoms with Crippen molar-refractivity contribution in [2.75, 3.05) is 9.80 Å². The van der Waals surface area contributed by atoms with Crippen LogP contribution in [0.15, 0.2) is 66.9 Å². The lowest BCUT2D eigenvalue weighted by atomic mass is 9.87. The van der Waals surface area contributed by atoms with Gasteiger partial charge in [-0.05, 0) is 55.7 Å². The minimum absolute atomic E-state index is 0.0257. The van der Waals surface area contributed by atoms with E-state index in [2.05, 4.69) is 10.3 Å². The molecule has 1 aliphatic carbocycles. The number of aliphatic hydroxyl groups excluding tert-OH is 1. The molecule has 1 saturated carbocycles. The summed E-state index contributed by atoms with van der Waals surface area (Å²) >= 11 is 6.52.